The zero-order valence-electron chi connectivity index (χ0n) is 16.5. The summed E-state index contributed by atoms with van der Waals surface area (Å²) >= 11 is 3.57. The standard InChI is InChI=1S/C20H22BrN7O2/c1-30-14-8-12(23)11(9-22)7-13(14)26-18-15-16(21)17(27-19(15)25-10-24-18)20(29)28-5-3-2-4-6-28/h7-10,22H,2-6,23H2,1H3,(H2,24,25,26,27). The number of nitrogens with one attached hydrogen (secondary N) is 3. The molecule has 4 rings (SSSR count). The third kappa shape index (κ3) is 3.58. The number of rotatable bonds is 5. The van der Waals surface area contributed by atoms with E-state index in [4.69, 9.17) is 15.9 Å². The zero-order chi connectivity index (χ0) is 21.3. The number of piperidine rings is 1. The summed E-state index contributed by atoms with van der Waals surface area (Å²) in [5.41, 5.74) is 8.55. The maximum atomic E-state index is 13.0. The van der Waals surface area contributed by atoms with Crippen molar-refractivity contribution in [3.63, 3.8) is 0 Å². The number of aromatic nitrogens is 3. The molecule has 9 nitrogen and oxygen atoms in total. The van der Waals surface area contributed by atoms with Gasteiger partial charge in [0.05, 0.1) is 22.7 Å². The molecule has 30 heavy (non-hydrogen) atoms. The molecule has 1 fully saturated rings. The van der Waals surface area contributed by atoms with Crippen molar-refractivity contribution in [1.29, 1.82) is 5.41 Å². The first-order valence-corrected chi connectivity index (χ1v) is 10.4. The number of methoxy groups -OCH3 is 1. The Bertz CT molecular complexity index is 1120. The Morgan fingerprint density at radius 1 is 1.33 bits per heavy atom. The number of hydrogen-bond donors (Lipinski definition) is 4. The molecule has 0 aliphatic carbocycles. The molecular weight excluding hydrogens is 450 g/mol. The maximum Gasteiger partial charge on any atom is 0.271 e. The van der Waals surface area contributed by atoms with E-state index in [1.165, 1.54) is 12.5 Å². The van der Waals surface area contributed by atoms with Crippen LogP contribution in [0.2, 0.25) is 0 Å². The van der Waals surface area contributed by atoms with Crippen molar-refractivity contribution in [2.75, 3.05) is 31.2 Å². The minimum atomic E-state index is -0.0540. The highest BCUT2D eigenvalue weighted by Gasteiger charge is 2.25. The van der Waals surface area contributed by atoms with Crippen LogP contribution in [0.25, 0.3) is 11.0 Å². The molecule has 1 aliphatic rings. The normalized spacial score (nSPS) is 14.0. The lowest BCUT2D eigenvalue weighted by atomic mass is 10.1. The van der Waals surface area contributed by atoms with Crippen LogP contribution >= 0.6 is 15.9 Å². The minimum absolute atomic E-state index is 0.0540. The number of halogens is 1. The number of benzene rings is 1. The van der Waals surface area contributed by atoms with Gasteiger partial charge in [-0.25, -0.2) is 9.97 Å². The summed E-state index contributed by atoms with van der Waals surface area (Å²) in [7, 11) is 1.54. The number of anilines is 3. The highest BCUT2D eigenvalue weighted by molar-refractivity contribution is 9.10. The Balaban J connectivity index is 1.75. The van der Waals surface area contributed by atoms with Crippen LogP contribution in [0.15, 0.2) is 22.9 Å². The number of nitrogens with zero attached hydrogens (tertiary/aromatic N) is 3. The van der Waals surface area contributed by atoms with Gasteiger partial charge in [-0.1, -0.05) is 0 Å². The Morgan fingerprint density at radius 2 is 2.10 bits per heavy atom. The van der Waals surface area contributed by atoms with Crippen molar-refractivity contribution in [1.82, 2.24) is 19.9 Å². The van der Waals surface area contributed by atoms with Gasteiger partial charge in [-0.3, -0.25) is 4.79 Å². The summed E-state index contributed by atoms with van der Waals surface area (Å²) in [4.78, 5) is 26.7. The summed E-state index contributed by atoms with van der Waals surface area (Å²) in [6.45, 7) is 1.51. The van der Waals surface area contributed by atoms with E-state index < -0.39 is 0 Å². The van der Waals surface area contributed by atoms with Gasteiger partial charge in [-0.2, -0.15) is 0 Å². The van der Waals surface area contributed by atoms with E-state index in [2.05, 4.69) is 36.2 Å². The molecule has 156 valence electrons. The molecule has 3 heterocycles. The van der Waals surface area contributed by atoms with E-state index in [-0.39, 0.29) is 5.91 Å². The molecule has 1 amide bonds. The average molecular weight is 472 g/mol. The molecule has 5 N–H and O–H groups in total. The smallest absolute Gasteiger partial charge is 0.271 e. The van der Waals surface area contributed by atoms with E-state index in [0.717, 1.165) is 32.4 Å². The predicted molar refractivity (Wildman–Crippen MR) is 120 cm³/mol. The number of nitrogen functional groups attached to an aromatic ring is 1. The topological polar surface area (TPSA) is 133 Å². The summed E-state index contributed by atoms with van der Waals surface area (Å²) in [5.74, 6) is 0.961. The first-order chi connectivity index (χ1) is 14.5. The third-order valence-corrected chi connectivity index (χ3v) is 5.99. The molecule has 10 heteroatoms. The van der Waals surface area contributed by atoms with E-state index in [9.17, 15) is 4.79 Å². The second-order valence-electron chi connectivity index (χ2n) is 7.06. The van der Waals surface area contributed by atoms with Crippen molar-refractivity contribution in [3.8, 4) is 5.75 Å². The number of ether oxygens (including phenoxy) is 1. The number of H-pyrrole nitrogens is 1. The fraction of sp³-hybridized carbons (Fsp3) is 0.300. The van der Waals surface area contributed by atoms with Crippen LogP contribution in [0, 0.1) is 5.41 Å². The molecular formula is C20H22BrN7O2. The predicted octanol–water partition coefficient (Wildman–Crippen LogP) is 3.68. The molecule has 0 saturated carbocycles. The SMILES string of the molecule is COc1cc(N)c(C=N)cc1Nc1ncnc2[nH]c(C(=O)N3CCCCC3)c(Br)c12. The molecule has 1 aromatic carbocycles. The van der Waals surface area contributed by atoms with Gasteiger partial charge >= 0.3 is 0 Å². The Kier molecular flexibility index (Phi) is 5.58. The van der Waals surface area contributed by atoms with Crippen LogP contribution in [0.5, 0.6) is 5.75 Å². The number of nitrogens with two attached hydrogens (primary N) is 1. The van der Waals surface area contributed by atoms with Crippen LogP contribution in [0.1, 0.15) is 35.3 Å². The lowest BCUT2D eigenvalue weighted by Gasteiger charge is -2.26. The Labute approximate surface area is 181 Å². The molecule has 3 aromatic rings. The van der Waals surface area contributed by atoms with E-state index in [1.807, 2.05) is 4.90 Å². The van der Waals surface area contributed by atoms with Crippen LogP contribution < -0.4 is 15.8 Å². The first-order valence-electron chi connectivity index (χ1n) is 9.60. The molecule has 0 spiro atoms. The second-order valence-corrected chi connectivity index (χ2v) is 7.86. The van der Waals surface area contributed by atoms with Gasteiger partial charge in [0.15, 0.2) is 0 Å². The van der Waals surface area contributed by atoms with Crippen molar-refractivity contribution < 1.29 is 9.53 Å². The lowest BCUT2D eigenvalue weighted by molar-refractivity contribution is 0.0718. The number of aromatic amines is 1. The zero-order valence-corrected chi connectivity index (χ0v) is 18.0. The highest BCUT2D eigenvalue weighted by atomic mass is 79.9. The number of carbonyl (C=O) groups excluding carboxylic acids is 1. The van der Waals surface area contributed by atoms with E-state index >= 15 is 0 Å². The Hall–Kier alpha value is -3.14. The molecule has 0 atom stereocenters. The number of carbonyl (C=O) groups is 1. The number of fused-ring (bicyclic) bond motifs is 1. The summed E-state index contributed by atoms with van der Waals surface area (Å²) in [6, 6.07) is 3.37. The van der Waals surface area contributed by atoms with Crippen molar-refractivity contribution in [2.24, 2.45) is 0 Å². The number of likely N-dealkylation sites (tertiary alicyclic amines) is 1. The second kappa shape index (κ2) is 8.31. The lowest BCUT2D eigenvalue weighted by Crippen LogP contribution is -2.35. The van der Waals surface area contributed by atoms with Gasteiger partial charge < -0.3 is 31.1 Å². The van der Waals surface area contributed by atoms with Gasteiger partial charge in [0.1, 0.15) is 29.2 Å². The van der Waals surface area contributed by atoms with Gasteiger partial charge in [-0.15, -0.1) is 0 Å². The van der Waals surface area contributed by atoms with Crippen molar-refractivity contribution >= 4 is 56.3 Å². The molecule has 0 unspecified atom stereocenters. The van der Waals surface area contributed by atoms with Crippen molar-refractivity contribution in [2.45, 2.75) is 19.3 Å². The van der Waals surface area contributed by atoms with Gasteiger partial charge in [-0.05, 0) is 41.3 Å². The fourth-order valence-corrected chi connectivity index (χ4v) is 4.26. The molecule has 0 radical (unpaired) electrons. The van der Waals surface area contributed by atoms with Crippen molar-refractivity contribution in [3.05, 3.63) is 34.2 Å². The van der Waals surface area contributed by atoms with Crippen LogP contribution in [0.4, 0.5) is 17.2 Å². The molecule has 0 bridgehead atoms. The van der Waals surface area contributed by atoms with Crippen LogP contribution in [-0.2, 0) is 0 Å². The largest absolute Gasteiger partial charge is 0.494 e. The molecule has 2 aromatic heterocycles. The maximum absolute atomic E-state index is 13.0. The fourth-order valence-electron chi connectivity index (χ4n) is 3.62. The van der Waals surface area contributed by atoms with Gasteiger partial charge in [0.25, 0.3) is 5.91 Å². The summed E-state index contributed by atoms with van der Waals surface area (Å²) in [6.07, 6.45) is 5.78. The highest BCUT2D eigenvalue weighted by Crippen LogP contribution is 2.37. The van der Waals surface area contributed by atoms with Gasteiger partial charge in [0.2, 0.25) is 0 Å². The number of amides is 1. The summed E-state index contributed by atoms with van der Waals surface area (Å²) in [5, 5.41) is 11.4. The molecule has 1 aliphatic heterocycles. The average Bonchev–Trinajstić information content (AvgIpc) is 3.12. The Morgan fingerprint density at radius 3 is 2.80 bits per heavy atom. The van der Waals surface area contributed by atoms with E-state index in [1.54, 1.807) is 19.2 Å². The first kappa shape index (κ1) is 20.1. The van der Waals surface area contributed by atoms with Gasteiger partial charge in [0, 0.05) is 36.6 Å². The van der Waals surface area contributed by atoms with Crippen LogP contribution in [-0.4, -0.2) is 52.2 Å². The monoisotopic (exact) mass is 471 g/mol. The number of hydrogen-bond acceptors (Lipinski definition) is 7. The van der Waals surface area contributed by atoms with E-state index in [0.29, 0.717) is 49.7 Å². The quantitative estimate of drug-likeness (QED) is 0.331. The minimum Gasteiger partial charge on any atom is -0.494 e. The third-order valence-electron chi connectivity index (χ3n) is 5.20. The van der Waals surface area contributed by atoms with Crippen LogP contribution in [0.3, 0.4) is 0 Å². The molecule has 1 saturated heterocycles. The summed E-state index contributed by atoms with van der Waals surface area (Å²) < 4.78 is 6.03.